The molecule has 0 spiro atoms. The van der Waals surface area contributed by atoms with Crippen LogP contribution in [0.1, 0.15) is 23.6 Å². The van der Waals surface area contributed by atoms with Gasteiger partial charge in [0.25, 0.3) is 0 Å². The fraction of sp³-hybridized carbons (Fsp3) is 0.429. The molecule has 2 aromatic heterocycles. The van der Waals surface area contributed by atoms with Crippen molar-refractivity contribution in [2.24, 2.45) is 7.05 Å². The molecule has 154 valence electrons. The van der Waals surface area contributed by atoms with Gasteiger partial charge in [0.05, 0.1) is 29.5 Å². The van der Waals surface area contributed by atoms with Gasteiger partial charge in [0.1, 0.15) is 11.3 Å². The number of imidazole rings is 1. The number of anilines is 1. The van der Waals surface area contributed by atoms with Gasteiger partial charge in [0.2, 0.25) is 0 Å². The summed E-state index contributed by atoms with van der Waals surface area (Å²) in [6.45, 7) is 4.91. The first-order chi connectivity index (χ1) is 13.9. The lowest BCUT2D eigenvalue weighted by molar-refractivity contribution is 0.287. The van der Waals surface area contributed by atoms with E-state index in [-0.39, 0.29) is 11.5 Å². The lowest BCUT2D eigenvalue weighted by atomic mass is 10.0. The first-order valence-electron chi connectivity index (χ1n) is 9.98. The van der Waals surface area contributed by atoms with Crippen molar-refractivity contribution in [2.75, 3.05) is 29.9 Å². The van der Waals surface area contributed by atoms with Crippen molar-refractivity contribution in [1.29, 1.82) is 0 Å². The molecule has 0 radical (unpaired) electrons. The zero-order valence-corrected chi connectivity index (χ0v) is 17.7. The summed E-state index contributed by atoms with van der Waals surface area (Å²) in [4.78, 5) is 11.0. The van der Waals surface area contributed by atoms with Gasteiger partial charge in [-0.05, 0) is 23.1 Å². The van der Waals surface area contributed by atoms with Crippen molar-refractivity contribution < 1.29 is 8.42 Å². The molecule has 3 heterocycles. The molecule has 1 fully saturated rings. The number of sulfone groups is 1. The largest absolute Gasteiger partial charge is 0.366 e. The van der Waals surface area contributed by atoms with E-state index in [4.69, 9.17) is 0 Å². The van der Waals surface area contributed by atoms with E-state index in [1.807, 2.05) is 17.7 Å². The maximum absolute atomic E-state index is 11.6. The highest BCUT2D eigenvalue weighted by Crippen LogP contribution is 2.19. The molecule has 1 aliphatic rings. The van der Waals surface area contributed by atoms with Crippen LogP contribution in [0.4, 0.5) is 5.82 Å². The molecule has 4 rings (SSSR count). The van der Waals surface area contributed by atoms with E-state index in [0.29, 0.717) is 19.6 Å². The normalized spacial score (nSPS) is 16.9. The molecule has 0 amide bonds. The van der Waals surface area contributed by atoms with Crippen LogP contribution < -0.4 is 5.32 Å². The lowest BCUT2D eigenvalue weighted by Crippen LogP contribution is -2.39. The number of aryl methyl sites for hydroxylation is 2. The number of benzene rings is 1. The fourth-order valence-electron chi connectivity index (χ4n) is 3.76. The molecule has 3 aromatic rings. The highest BCUT2D eigenvalue weighted by molar-refractivity contribution is 7.91. The molecule has 1 saturated heterocycles. The summed E-state index contributed by atoms with van der Waals surface area (Å²) in [5.41, 5.74) is 5.74. The second-order valence-corrected chi connectivity index (χ2v) is 9.96. The SMILES string of the molecule is CCc1cc(CN2CCS(=O)(=O)CC2)ccc1CNc1cc2c(cn1)ncn2C. The van der Waals surface area contributed by atoms with Gasteiger partial charge in [-0.2, -0.15) is 0 Å². The summed E-state index contributed by atoms with van der Waals surface area (Å²) in [7, 11) is -0.858. The number of aromatic nitrogens is 3. The van der Waals surface area contributed by atoms with Crippen LogP contribution in [-0.4, -0.2) is 52.4 Å². The minimum absolute atomic E-state index is 0.268. The molecule has 1 N–H and O–H groups in total. The van der Waals surface area contributed by atoms with Gasteiger partial charge in [-0.1, -0.05) is 25.1 Å². The Bertz CT molecular complexity index is 1110. The van der Waals surface area contributed by atoms with Gasteiger partial charge < -0.3 is 9.88 Å². The van der Waals surface area contributed by atoms with Gasteiger partial charge in [-0.25, -0.2) is 18.4 Å². The average molecular weight is 414 g/mol. The molecule has 0 unspecified atom stereocenters. The van der Waals surface area contributed by atoms with Crippen LogP contribution in [0.5, 0.6) is 0 Å². The number of hydrogen-bond acceptors (Lipinski definition) is 6. The summed E-state index contributed by atoms with van der Waals surface area (Å²) >= 11 is 0. The van der Waals surface area contributed by atoms with Crippen molar-refractivity contribution in [3.63, 3.8) is 0 Å². The van der Waals surface area contributed by atoms with Crippen LogP contribution in [0.3, 0.4) is 0 Å². The third-order valence-corrected chi connectivity index (χ3v) is 7.18. The molecule has 0 bridgehead atoms. The molecule has 8 heteroatoms. The minimum Gasteiger partial charge on any atom is -0.366 e. The topological polar surface area (TPSA) is 80.1 Å². The Hall–Kier alpha value is -2.45. The predicted molar refractivity (Wildman–Crippen MR) is 116 cm³/mol. The second kappa shape index (κ2) is 8.12. The Labute approximate surface area is 171 Å². The van der Waals surface area contributed by atoms with Gasteiger partial charge in [-0.3, -0.25) is 4.90 Å². The summed E-state index contributed by atoms with van der Waals surface area (Å²) in [6, 6.07) is 8.59. The summed E-state index contributed by atoms with van der Waals surface area (Å²) < 4.78 is 25.2. The molecular formula is C21H27N5O2S. The van der Waals surface area contributed by atoms with Crippen molar-refractivity contribution in [3.8, 4) is 0 Å². The Morgan fingerprint density at radius 3 is 2.66 bits per heavy atom. The van der Waals surface area contributed by atoms with E-state index in [2.05, 4.69) is 45.3 Å². The van der Waals surface area contributed by atoms with Crippen LogP contribution in [0, 0.1) is 0 Å². The summed E-state index contributed by atoms with van der Waals surface area (Å²) in [6.07, 6.45) is 4.54. The molecule has 0 aliphatic carbocycles. The van der Waals surface area contributed by atoms with Crippen molar-refractivity contribution in [3.05, 3.63) is 53.5 Å². The van der Waals surface area contributed by atoms with E-state index >= 15 is 0 Å². The minimum atomic E-state index is -2.84. The number of nitrogens with one attached hydrogen (secondary N) is 1. The summed E-state index contributed by atoms with van der Waals surface area (Å²) in [5, 5.41) is 3.43. The third kappa shape index (κ3) is 4.59. The molecule has 0 saturated carbocycles. The molecule has 1 aliphatic heterocycles. The number of nitrogens with zero attached hydrogens (tertiary/aromatic N) is 4. The smallest absolute Gasteiger partial charge is 0.152 e. The van der Waals surface area contributed by atoms with Crippen LogP contribution in [0.15, 0.2) is 36.8 Å². The number of pyridine rings is 1. The molecule has 0 atom stereocenters. The quantitative estimate of drug-likeness (QED) is 0.668. The maximum Gasteiger partial charge on any atom is 0.152 e. The van der Waals surface area contributed by atoms with Crippen molar-refractivity contribution in [1.82, 2.24) is 19.4 Å². The Morgan fingerprint density at radius 2 is 1.90 bits per heavy atom. The Balaban J connectivity index is 1.43. The number of rotatable bonds is 6. The van der Waals surface area contributed by atoms with Gasteiger partial charge in [-0.15, -0.1) is 0 Å². The lowest BCUT2D eigenvalue weighted by Gasteiger charge is -2.26. The second-order valence-electron chi connectivity index (χ2n) is 7.65. The van der Waals surface area contributed by atoms with E-state index in [0.717, 1.165) is 29.8 Å². The predicted octanol–water partition coefficient (Wildman–Crippen LogP) is 2.37. The van der Waals surface area contributed by atoms with E-state index < -0.39 is 9.84 Å². The van der Waals surface area contributed by atoms with Crippen LogP contribution in [0.25, 0.3) is 11.0 Å². The zero-order valence-electron chi connectivity index (χ0n) is 16.9. The Kier molecular flexibility index (Phi) is 5.56. The highest BCUT2D eigenvalue weighted by atomic mass is 32.2. The van der Waals surface area contributed by atoms with E-state index in [1.165, 1.54) is 16.7 Å². The average Bonchev–Trinajstić information content (AvgIpc) is 3.09. The summed E-state index contributed by atoms with van der Waals surface area (Å²) in [5.74, 6) is 1.37. The van der Waals surface area contributed by atoms with E-state index in [1.54, 1.807) is 12.5 Å². The van der Waals surface area contributed by atoms with Crippen molar-refractivity contribution in [2.45, 2.75) is 26.4 Å². The van der Waals surface area contributed by atoms with Gasteiger partial charge >= 0.3 is 0 Å². The maximum atomic E-state index is 11.6. The van der Waals surface area contributed by atoms with Crippen LogP contribution in [0.2, 0.25) is 0 Å². The van der Waals surface area contributed by atoms with Crippen LogP contribution in [-0.2, 0) is 36.4 Å². The first kappa shape index (κ1) is 19.8. The first-order valence-corrected chi connectivity index (χ1v) is 11.8. The molecule has 7 nitrogen and oxygen atoms in total. The molecule has 1 aromatic carbocycles. The number of hydrogen-bond donors (Lipinski definition) is 1. The van der Waals surface area contributed by atoms with E-state index in [9.17, 15) is 8.42 Å². The fourth-order valence-corrected chi connectivity index (χ4v) is 5.04. The third-order valence-electron chi connectivity index (χ3n) is 5.57. The molecule has 29 heavy (non-hydrogen) atoms. The van der Waals surface area contributed by atoms with Gasteiger partial charge in [0.15, 0.2) is 9.84 Å². The van der Waals surface area contributed by atoms with Gasteiger partial charge in [0, 0.05) is 39.3 Å². The standard InChI is InChI=1S/C21H27N5O2S/c1-3-17-10-16(14-26-6-8-29(27,28)9-7-26)4-5-18(17)12-22-21-11-20-19(13-23-21)24-15-25(20)2/h4-5,10-11,13,15H,3,6-9,12,14H2,1-2H3,(H,22,23). The number of fused-ring (bicyclic) bond motifs is 1. The monoisotopic (exact) mass is 413 g/mol. The zero-order chi connectivity index (χ0) is 20.4. The Morgan fingerprint density at radius 1 is 1.10 bits per heavy atom. The van der Waals surface area contributed by atoms with Crippen molar-refractivity contribution >= 4 is 26.7 Å². The molecular weight excluding hydrogens is 386 g/mol. The van der Waals surface area contributed by atoms with Crippen LogP contribution >= 0.6 is 0 Å². The highest BCUT2D eigenvalue weighted by Gasteiger charge is 2.21.